The predicted octanol–water partition coefficient (Wildman–Crippen LogP) is 0.807. The quantitative estimate of drug-likeness (QED) is 0.0987. The van der Waals surface area contributed by atoms with E-state index in [4.69, 9.17) is 20.3 Å². The van der Waals surface area contributed by atoms with Crippen LogP contribution in [-0.2, 0) is 23.9 Å². The molecule has 0 aliphatic heterocycles. The van der Waals surface area contributed by atoms with E-state index < -0.39 is 42.1 Å². The van der Waals surface area contributed by atoms with E-state index in [1.54, 1.807) is 0 Å². The van der Waals surface area contributed by atoms with Crippen LogP contribution in [0.1, 0.15) is 46.0 Å². The number of hydrogen-bond donors (Lipinski definition) is 5. The highest BCUT2D eigenvalue weighted by Gasteiger charge is 2.29. The Hall–Kier alpha value is -1.09. The lowest BCUT2D eigenvalue weighted by Gasteiger charge is -2.29. The molecule has 1 amide bonds. The first-order valence-electron chi connectivity index (χ1n) is 11.3. The molecule has 0 fully saturated rings. The van der Waals surface area contributed by atoms with E-state index in [2.05, 4.69) is 0 Å². The van der Waals surface area contributed by atoms with Crippen molar-refractivity contribution in [3.05, 3.63) is 0 Å². The zero-order chi connectivity index (χ0) is 25.9. The van der Waals surface area contributed by atoms with Crippen LogP contribution in [0.15, 0.2) is 0 Å². The monoisotopic (exact) mass is 528 g/mol. The SMILES string of the molecule is CCC(O)COCCCCOCC(O)CN(C(C)=O)C(CCSSCCC(N)C(=O)O)C(=O)O. The number of carboxylic acids is 2. The van der Waals surface area contributed by atoms with Crippen molar-refractivity contribution in [1.82, 2.24) is 4.90 Å². The fourth-order valence-corrected chi connectivity index (χ4v) is 4.90. The van der Waals surface area contributed by atoms with E-state index in [1.807, 2.05) is 6.92 Å². The minimum atomic E-state index is -1.16. The van der Waals surface area contributed by atoms with Crippen LogP contribution in [0.3, 0.4) is 0 Å². The maximum Gasteiger partial charge on any atom is 0.326 e. The maximum atomic E-state index is 12.0. The van der Waals surface area contributed by atoms with Gasteiger partial charge in [-0.1, -0.05) is 28.5 Å². The average molecular weight is 529 g/mol. The van der Waals surface area contributed by atoms with Gasteiger partial charge >= 0.3 is 11.9 Å². The van der Waals surface area contributed by atoms with E-state index in [0.29, 0.717) is 50.6 Å². The number of nitrogens with zero attached hydrogens (tertiary/aromatic N) is 1. The Labute approximate surface area is 209 Å². The third kappa shape index (κ3) is 16.5. The van der Waals surface area contributed by atoms with Crippen LogP contribution < -0.4 is 5.73 Å². The molecule has 0 saturated carbocycles. The number of carboxylic acid groups (broad SMARTS) is 2. The van der Waals surface area contributed by atoms with Gasteiger partial charge in [-0.2, -0.15) is 0 Å². The summed E-state index contributed by atoms with van der Waals surface area (Å²) in [6.45, 7) is 4.14. The van der Waals surface area contributed by atoms with Gasteiger partial charge in [0.15, 0.2) is 0 Å². The fourth-order valence-electron chi connectivity index (χ4n) is 2.71. The average Bonchev–Trinajstić information content (AvgIpc) is 2.78. The standard InChI is InChI=1S/C21H40N2O9S2/c1-3-16(25)13-31-8-4-5-9-32-14-17(26)12-23(15(2)24)19(21(29)30)7-11-34-33-10-6-18(22)20(27)28/h16-19,25-26H,3-14,22H2,1-2H3,(H,27,28)(H,29,30). The number of unbranched alkanes of at least 4 members (excludes halogenated alkanes) is 1. The Bertz CT molecular complexity index is 586. The third-order valence-electron chi connectivity index (χ3n) is 4.78. The van der Waals surface area contributed by atoms with Crippen molar-refractivity contribution in [2.45, 2.75) is 70.2 Å². The summed E-state index contributed by atoms with van der Waals surface area (Å²) in [6, 6.07) is -2.01. The van der Waals surface area contributed by atoms with Crippen LogP contribution in [0.2, 0.25) is 0 Å². The second kappa shape index (κ2) is 20.1. The van der Waals surface area contributed by atoms with E-state index >= 15 is 0 Å². The number of aliphatic hydroxyl groups is 2. The van der Waals surface area contributed by atoms with E-state index in [-0.39, 0.29) is 19.6 Å². The van der Waals surface area contributed by atoms with Crippen LogP contribution in [0.5, 0.6) is 0 Å². The third-order valence-corrected chi connectivity index (χ3v) is 7.25. The van der Waals surface area contributed by atoms with Crippen LogP contribution in [0.4, 0.5) is 0 Å². The van der Waals surface area contributed by atoms with Gasteiger partial charge in [0.05, 0.1) is 25.4 Å². The lowest BCUT2D eigenvalue weighted by atomic mass is 10.1. The molecule has 34 heavy (non-hydrogen) atoms. The number of nitrogens with two attached hydrogens (primary N) is 1. The van der Waals surface area contributed by atoms with Gasteiger partial charge in [-0.25, -0.2) is 4.79 Å². The Morgan fingerprint density at radius 3 is 1.91 bits per heavy atom. The summed E-state index contributed by atoms with van der Waals surface area (Å²) in [5.41, 5.74) is 5.43. The van der Waals surface area contributed by atoms with Gasteiger partial charge in [0.2, 0.25) is 5.91 Å². The van der Waals surface area contributed by atoms with Crippen LogP contribution in [-0.4, -0.2) is 112 Å². The second-order valence-electron chi connectivity index (χ2n) is 7.76. The lowest BCUT2D eigenvalue weighted by molar-refractivity contribution is -0.151. The molecule has 0 saturated heterocycles. The molecule has 0 spiro atoms. The summed E-state index contributed by atoms with van der Waals surface area (Å²) in [7, 11) is 2.78. The van der Waals surface area contributed by atoms with Crippen molar-refractivity contribution in [2.75, 3.05) is 44.5 Å². The summed E-state index contributed by atoms with van der Waals surface area (Å²) < 4.78 is 10.8. The highest BCUT2D eigenvalue weighted by Crippen LogP contribution is 2.24. The van der Waals surface area contributed by atoms with E-state index in [1.165, 1.54) is 28.5 Å². The van der Waals surface area contributed by atoms with Crippen molar-refractivity contribution in [3.63, 3.8) is 0 Å². The summed E-state index contributed by atoms with van der Waals surface area (Å²) >= 11 is 0. The normalized spacial score (nSPS) is 14.9. The van der Waals surface area contributed by atoms with Gasteiger partial charge in [0.1, 0.15) is 12.1 Å². The Balaban J connectivity index is 4.26. The summed E-state index contributed by atoms with van der Waals surface area (Å²) in [5.74, 6) is -1.74. The van der Waals surface area contributed by atoms with Crippen molar-refractivity contribution < 1.29 is 44.3 Å². The summed E-state index contributed by atoms with van der Waals surface area (Å²) in [5, 5.41) is 38.0. The number of rotatable bonds is 22. The summed E-state index contributed by atoms with van der Waals surface area (Å²) in [6.07, 6.45) is 1.09. The van der Waals surface area contributed by atoms with Gasteiger partial charge < -0.3 is 40.5 Å². The molecule has 0 rings (SSSR count). The zero-order valence-corrected chi connectivity index (χ0v) is 21.6. The van der Waals surface area contributed by atoms with Crippen LogP contribution >= 0.6 is 21.6 Å². The first-order chi connectivity index (χ1) is 16.1. The zero-order valence-electron chi connectivity index (χ0n) is 20.0. The minimum absolute atomic E-state index is 0.0278. The molecule has 0 heterocycles. The highest BCUT2D eigenvalue weighted by atomic mass is 33.1. The number of ether oxygens (including phenoxy) is 2. The number of amides is 1. The van der Waals surface area contributed by atoms with Crippen molar-refractivity contribution >= 4 is 39.4 Å². The molecule has 200 valence electrons. The van der Waals surface area contributed by atoms with Crippen molar-refractivity contribution in [3.8, 4) is 0 Å². The molecule has 0 aliphatic carbocycles. The molecule has 13 heteroatoms. The molecule has 0 aromatic heterocycles. The molecular formula is C21H40N2O9S2. The number of aliphatic hydroxyl groups excluding tert-OH is 2. The lowest BCUT2D eigenvalue weighted by Crippen LogP contribution is -2.48. The number of carbonyl (C=O) groups is 3. The van der Waals surface area contributed by atoms with Crippen molar-refractivity contribution in [2.24, 2.45) is 5.73 Å². The molecular weight excluding hydrogens is 488 g/mol. The molecule has 0 radical (unpaired) electrons. The van der Waals surface area contributed by atoms with E-state index in [9.17, 15) is 29.7 Å². The minimum Gasteiger partial charge on any atom is -0.480 e. The Morgan fingerprint density at radius 2 is 1.44 bits per heavy atom. The Morgan fingerprint density at radius 1 is 0.912 bits per heavy atom. The first-order valence-corrected chi connectivity index (χ1v) is 13.8. The molecule has 0 aromatic rings. The number of aliphatic carboxylic acids is 2. The highest BCUT2D eigenvalue weighted by molar-refractivity contribution is 8.76. The number of carbonyl (C=O) groups excluding carboxylic acids is 1. The molecule has 0 aliphatic rings. The smallest absolute Gasteiger partial charge is 0.326 e. The molecule has 11 nitrogen and oxygen atoms in total. The van der Waals surface area contributed by atoms with Crippen LogP contribution in [0.25, 0.3) is 0 Å². The number of hydrogen-bond acceptors (Lipinski definition) is 10. The molecule has 0 aromatic carbocycles. The van der Waals surface area contributed by atoms with Gasteiger partial charge in [-0.15, -0.1) is 0 Å². The Kier molecular flexibility index (Phi) is 19.5. The topological polar surface area (TPSA) is 180 Å². The van der Waals surface area contributed by atoms with Gasteiger partial charge in [-0.05, 0) is 32.1 Å². The largest absolute Gasteiger partial charge is 0.480 e. The van der Waals surface area contributed by atoms with Gasteiger partial charge in [0.25, 0.3) is 0 Å². The molecule has 0 bridgehead atoms. The van der Waals surface area contributed by atoms with Gasteiger partial charge in [0, 0.05) is 38.2 Å². The van der Waals surface area contributed by atoms with Crippen molar-refractivity contribution in [1.29, 1.82) is 0 Å². The van der Waals surface area contributed by atoms with Crippen LogP contribution in [0, 0.1) is 0 Å². The second-order valence-corrected chi connectivity index (χ2v) is 10.5. The van der Waals surface area contributed by atoms with Gasteiger partial charge in [-0.3, -0.25) is 9.59 Å². The summed E-state index contributed by atoms with van der Waals surface area (Å²) in [4.78, 5) is 35.6. The maximum absolute atomic E-state index is 12.0. The van der Waals surface area contributed by atoms with E-state index in [0.717, 1.165) is 11.3 Å². The molecule has 6 N–H and O–H groups in total. The predicted molar refractivity (Wildman–Crippen MR) is 132 cm³/mol. The first kappa shape index (κ1) is 32.9. The molecule has 4 unspecified atom stereocenters. The fraction of sp³-hybridized carbons (Fsp3) is 0.857. The molecule has 4 atom stereocenters.